The molecule has 0 aliphatic heterocycles. The third kappa shape index (κ3) is 2.81. The monoisotopic (exact) mass is 268 g/mol. The number of aromatic amines is 1. The number of nitrogens with zero attached hydrogens (tertiary/aromatic N) is 1. The Morgan fingerprint density at radius 3 is 2.53 bits per heavy atom. The van der Waals surface area contributed by atoms with Crippen LogP contribution in [0.15, 0.2) is 22.8 Å². The van der Waals surface area contributed by atoms with E-state index in [4.69, 9.17) is 0 Å². The Kier molecular flexibility index (Phi) is 4.33. The van der Waals surface area contributed by atoms with E-state index in [2.05, 4.69) is 45.8 Å². The Morgan fingerprint density at radius 1 is 1.27 bits per heavy atom. The number of pyridine rings is 1. The van der Waals surface area contributed by atoms with Crippen LogP contribution in [0, 0.1) is 0 Å². The van der Waals surface area contributed by atoms with Gasteiger partial charge in [-0.25, -0.2) is 0 Å². The van der Waals surface area contributed by atoms with Crippen molar-refractivity contribution in [1.29, 1.82) is 0 Å². The highest BCUT2D eigenvalue weighted by atomic mass is 79.9. The molecule has 2 aromatic rings. The molecule has 2 heterocycles. The Labute approximate surface area is 99.2 Å². The lowest BCUT2D eigenvalue weighted by Crippen LogP contribution is -1.84. The molecule has 0 aromatic carbocycles. The zero-order valence-electron chi connectivity index (χ0n) is 9.63. The summed E-state index contributed by atoms with van der Waals surface area (Å²) in [7, 11) is 0. The number of fused-ring (bicyclic) bond motifs is 1. The predicted molar refractivity (Wildman–Crippen MR) is 69.2 cm³/mol. The van der Waals surface area contributed by atoms with Gasteiger partial charge in [-0.2, -0.15) is 0 Å². The van der Waals surface area contributed by atoms with Crippen LogP contribution in [0.1, 0.15) is 39.3 Å². The molecular weight excluding hydrogens is 252 g/mol. The number of nitrogens with one attached hydrogen (secondary N) is 1. The first kappa shape index (κ1) is 12.2. The van der Waals surface area contributed by atoms with Gasteiger partial charge in [-0.15, -0.1) is 0 Å². The molecule has 0 fully saturated rings. The van der Waals surface area contributed by atoms with Crippen molar-refractivity contribution < 1.29 is 0 Å². The number of H-pyrrole nitrogens is 1. The van der Waals surface area contributed by atoms with Crippen LogP contribution in [0.25, 0.3) is 11.0 Å². The highest BCUT2D eigenvalue weighted by Gasteiger charge is 2.04. The molecule has 0 atom stereocenters. The summed E-state index contributed by atoms with van der Waals surface area (Å²) in [6, 6.07) is 4.15. The van der Waals surface area contributed by atoms with E-state index in [-0.39, 0.29) is 0 Å². The minimum Gasteiger partial charge on any atom is -0.357 e. The second-order valence-electron chi connectivity index (χ2n) is 3.47. The maximum absolute atomic E-state index is 4.31. The van der Waals surface area contributed by atoms with Crippen molar-refractivity contribution >= 4 is 27.0 Å². The minimum atomic E-state index is 0.521. The van der Waals surface area contributed by atoms with Crippen LogP contribution in [-0.4, -0.2) is 9.97 Å². The Hall–Kier alpha value is -0.830. The maximum atomic E-state index is 4.31. The van der Waals surface area contributed by atoms with E-state index in [1.54, 1.807) is 0 Å². The topological polar surface area (TPSA) is 28.7 Å². The van der Waals surface area contributed by atoms with Crippen LogP contribution in [0.4, 0.5) is 0 Å². The molecule has 2 rings (SSSR count). The molecule has 0 saturated heterocycles. The number of aromatic nitrogens is 2. The van der Waals surface area contributed by atoms with Crippen LogP contribution >= 0.6 is 15.9 Å². The third-order valence-corrected chi connectivity index (χ3v) is 2.51. The number of halogens is 1. The predicted octanol–water partition coefficient (Wildman–Crippen LogP) is 4.48. The summed E-state index contributed by atoms with van der Waals surface area (Å²) in [5, 5.41) is 0. The minimum absolute atomic E-state index is 0.521. The summed E-state index contributed by atoms with van der Waals surface area (Å²) in [4.78, 5) is 7.65. The zero-order chi connectivity index (χ0) is 11.4. The van der Waals surface area contributed by atoms with Gasteiger partial charge in [0.2, 0.25) is 0 Å². The molecule has 0 unspecified atom stereocenters. The molecule has 15 heavy (non-hydrogen) atoms. The average molecular weight is 269 g/mol. The number of rotatable bonds is 1. The van der Waals surface area contributed by atoms with Gasteiger partial charge in [0, 0.05) is 16.4 Å². The Bertz CT molecular complexity index is 432. The summed E-state index contributed by atoms with van der Waals surface area (Å²) in [5.41, 5.74) is 3.37. The van der Waals surface area contributed by atoms with E-state index in [1.165, 1.54) is 5.69 Å². The lowest BCUT2D eigenvalue weighted by molar-refractivity contribution is 0.836. The lowest BCUT2D eigenvalue weighted by Gasteiger charge is -1.97. The van der Waals surface area contributed by atoms with Gasteiger partial charge in [0.05, 0.1) is 11.0 Å². The first-order valence-electron chi connectivity index (χ1n) is 5.31. The first-order chi connectivity index (χ1) is 7.16. The third-order valence-electron chi connectivity index (χ3n) is 2.08. The standard InChI is InChI=1S/C10H11BrN2.C2H6/c1-6(2)8-4-9-10(13-8)3-7(11)5-12-9;1-2/h3-6,13H,1-2H3;1-2H3. The molecular formula is C12H17BrN2. The quantitative estimate of drug-likeness (QED) is 0.812. The second-order valence-corrected chi connectivity index (χ2v) is 4.38. The largest absolute Gasteiger partial charge is 0.357 e. The number of hydrogen-bond donors (Lipinski definition) is 1. The Balaban J connectivity index is 0.000000531. The van der Waals surface area contributed by atoms with Crippen molar-refractivity contribution in [2.45, 2.75) is 33.6 Å². The van der Waals surface area contributed by atoms with Gasteiger partial charge in [-0.1, -0.05) is 27.7 Å². The molecule has 0 aliphatic rings. The molecule has 0 bridgehead atoms. The summed E-state index contributed by atoms with van der Waals surface area (Å²) >= 11 is 3.40. The molecule has 82 valence electrons. The van der Waals surface area contributed by atoms with Crippen molar-refractivity contribution in [1.82, 2.24) is 9.97 Å². The van der Waals surface area contributed by atoms with Crippen molar-refractivity contribution in [2.24, 2.45) is 0 Å². The van der Waals surface area contributed by atoms with Crippen molar-refractivity contribution in [3.05, 3.63) is 28.5 Å². The van der Waals surface area contributed by atoms with Crippen LogP contribution < -0.4 is 0 Å². The maximum Gasteiger partial charge on any atom is 0.0882 e. The van der Waals surface area contributed by atoms with Crippen molar-refractivity contribution in [3.63, 3.8) is 0 Å². The molecule has 2 nitrogen and oxygen atoms in total. The van der Waals surface area contributed by atoms with Crippen LogP contribution in [0.3, 0.4) is 0 Å². The van der Waals surface area contributed by atoms with Crippen LogP contribution in [-0.2, 0) is 0 Å². The Morgan fingerprint density at radius 2 is 1.93 bits per heavy atom. The van der Waals surface area contributed by atoms with E-state index in [1.807, 2.05) is 26.1 Å². The first-order valence-corrected chi connectivity index (χ1v) is 6.10. The van der Waals surface area contributed by atoms with E-state index in [0.717, 1.165) is 15.5 Å². The highest BCUT2D eigenvalue weighted by Crippen LogP contribution is 2.21. The molecule has 0 radical (unpaired) electrons. The van der Waals surface area contributed by atoms with Crippen LogP contribution in [0.5, 0.6) is 0 Å². The van der Waals surface area contributed by atoms with Crippen molar-refractivity contribution in [2.75, 3.05) is 0 Å². The van der Waals surface area contributed by atoms with Crippen LogP contribution in [0.2, 0.25) is 0 Å². The van der Waals surface area contributed by atoms with Crippen molar-refractivity contribution in [3.8, 4) is 0 Å². The van der Waals surface area contributed by atoms with Gasteiger partial charge in [0.15, 0.2) is 0 Å². The molecule has 0 spiro atoms. The summed E-state index contributed by atoms with van der Waals surface area (Å²) in [5.74, 6) is 0.521. The smallest absolute Gasteiger partial charge is 0.0882 e. The van der Waals surface area contributed by atoms with Gasteiger partial charge in [-0.05, 0) is 34.0 Å². The van der Waals surface area contributed by atoms with E-state index in [0.29, 0.717) is 5.92 Å². The molecule has 3 heteroatoms. The van der Waals surface area contributed by atoms with Gasteiger partial charge in [0.1, 0.15) is 0 Å². The molecule has 0 aliphatic carbocycles. The molecule has 1 N–H and O–H groups in total. The van der Waals surface area contributed by atoms with E-state index in [9.17, 15) is 0 Å². The molecule has 0 saturated carbocycles. The van der Waals surface area contributed by atoms with Gasteiger partial charge >= 0.3 is 0 Å². The lowest BCUT2D eigenvalue weighted by atomic mass is 10.1. The summed E-state index contributed by atoms with van der Waals surface area (Å²) < 4.78 is 1.01. The van der Waals surface area contributed by atoms with Gasteiger partial charge < -0.3 is 4.98 Å². The number of hydrogen-bond acceptors (Lipinski definition) is 1. The molecule has 2 aromatic heterocycles. The van der Waals surface area contributed by atoms with E-state index >= 15 is 0 Å². The highest BCUT2D eigenvalue weighted by molar-refractivity contribution is 9.10. The summed E-state index contributed by atoms with van der Waals surface area (Å²) in [6.07, 6.45) is 1.82. The summed E-state index contributed by atoms with van der Waals surface area (Å²) in [6.45, 7) is 8.33. The van der Waals surface area contributed by atoms with E-state index < -0.39 is 0 Å². The fraction of sp³-hybridized carbons (Fsp3) is 0.417. The molecule has 0 amide bonds. The van der Waals surface area contributed by atoms with Gasteiger partial charge in [-0.3, -0.25) is 4.98 Å². The normalized spacial score (nSPS) is 10.3. The fourth-order valence-corrected chi connectivity index (χ4v) is 1.65. The average Bonchev–Trinajstić information content (AvgIpc) is 2.63. The fourth-order valence-electron chi connectivity index (χ4n) is 1.31. The zero-order valence-corrected chi connectivity index (χ0v) is 11.2. The van der Waals surface area contributed by atoms with Gasteiger partial charge in [0.25, 0.3) is 0 Å². The second kappa shape index (κ2) is 5.31. The SMILES string of the molecule is CC.CC(C)c1cc2ncc(Br)cc2[nH]1.